The summed E-state index contributed by atoms with van der Waals surface area (Å²) in [5, 5.41) is 0. The standard InChI is InChI=1S/C32H12BF24.C15H19N2/c34-25(35,36)13-1-14(26(37,38)39)6-21(5-13)33(22-7-15(27(40,41)42)2-16(8-22)28(43,44)45,23-9-17(29(46,47)48)3-18(10-23)30(49,50)51)24-11-19(31(52,53)54)4-20(12-24)32(55,56)57;1-11-13(3)17(14(4)12(2)16-11)10-15-8-6-5-7-9-15/h1-12H;5-9H,10H2,1-4H3/q-1;+1. The highest BCUT2D eigenvalue weighted by Gasteiger charge is 2.47. The van der Waals surface area contributed by atoms with Crippen LogP contribution < -0.4 is 26.4 Å². The van der Waals surface area contributed by atoms with E-state index < -0.39 is 195 Å². The lowest BCUT2D eigenvalue weighted by atomic mass is 9.12. The Balaban J connectivity index is 0.000000500. The number of alkyl halides is 24. The van der Waals surface area contributed by atoms with E-state index in [1.165, 1.54) is 17.0 Å². The summed E-state index contributed by atoms with van der Waals surface area (Å²) in [4.78, 5) is 4.55. The van der Waals surface area contributed by atoms with E-state index in [0.29, 0.717) is 0 Å². The van der Waals surface area contributed by atoms with Crippen LogP contribution in [-0.4, -0.2) is 11.1 Å². The molecule has 0 N–H and O–H groups in total. The van der Waals surface area contributed by atoms with Crippen molar-refractivity contribution >= 4 is 28.0 Å². The molecule has 0 saturated heterocycles. The monoisotopic (exact) mass is 1090 g/mol. The third kappa shape index (κ3) is 12.9. The zero-order valence-electron chi connectivity index (χ0n) is 37.6. The van der Waals surface area contributed by atoms with Crippen molar-refractivity contribution in [3.8, 4) is 0 Å². The van der Waals surface area contributed by atoms with Gasteiger partial charge in [-0.15, -0.1) is 0 Å². The molecule has 400 valence electrons. The Morgan fingerprint density at radius 3 is 0.716 bits per heavy atom. The molecule has 74 heavy (non-hydrogen) atoms. The van der Waals surface area contributed by atoms with E-state index in [1.54, 1.807) is 0 Å². The Morgan fingerprint density at radius 2 is 0.527 bits per heavy atom. The minimum absolute atomic E-state index is 0.691. The fourth-order valence-corrected chi connectivity index (χ4v) is 8.13. The van der Waals surface area contributed by atoms with Crippen LogP contribution in [0.2, 0.25) is 0 Å². The molecular formula is C47H31BF24N2. The molecule has 1 heterocycles. The van der Waals surface area contributed by atoms with Crippen LogP contribution in [0.4, 0.5) is 105 Å². The molecule has 5 aromatic carbocycles. The molecule has 0 aliphatic carbocycles. The number of hydrogen-bond acceptors (Lipinski definition) is 1. The summed E-state index contributed by atoms with van der Waals surface area (Å²) in [6, 6.07) is 1.74. The Morgan fingerprint density at radius 1 is 0.324 bits per heavy atom. The topological polar surface area (TPSA) is 16.8 Å². The predicted octanol–water partition coefficient (Wildman–Crippen LogP) is 13.9. The molecule has 2 nitrogen and oxygen atoms in total. The van der Waals surface area contributed by atoms with Gasteiger partial charge in [-0.05, 0) is 38.1 Å². The molecule has 27 heteroatoms. The van der Waals surface area contributed by atoms with E-state index >= 15 is 0 Å². The minimum atomic E-state index is -6.13. The van der Waals surface area contributed by atoms with Gasteiger partial charge in [0, 0.05) is 19.4 Å². The number of rotatable bonds is 6. The lowest BCUT2D eigenvalue weighted by Crippen LogP contribution is -2.75. The predicted molar refractivity (Wildman–Crippen MR) is 219 cm³/mol. The molecule has 0 aliphatic rings. The van der Waals surface area contributed by atoms with Crippen molar-refractivity contribution in [1.29, 1.82) is 0 Å². The maximum Gasteiger partial charge on any atom is 0.416 e. The van der Waals surface area contributed by atoms with E-state index in [-0.39, 0.29) is 0 Å². The second-order valence-electron chi connectivity index (χ2n) is 16.7. The molecule has 1 aromatic heterocycles. The van der Waals surface area contributed by atoms with Gasteiger partial charge in [0.1, 0.15) is 17.5 Å². The van der Waals surface area contributed by atoms with Crippen molar-refractivity contribution in [3.63, 3.8) is 0 Å². The van der Waals surface area contributed by atoms with Crippen LogP contribution in [0, 0.1) is 27.7 Å². The van der Waals surface area contributed by atoms with Crippen molar-refractivity contribution in [3.05, 3.63) is 176 Å². The molecule has 0 unspecified atom stereocenters. The Labute approximate surface area is 402 Å². The summed E-state index contributed by atoms with van der Waals surface area (Å²) in [5.41, 5.74) is -24.2. The highest BCUT2D eigenvalue weighted by molar-refractivity contribution is 7.20. The largest absolute Gasteiger partial charge is 0.416 e. The maximum atomic E-state index is 14.2. The summed E-state index contributed by atoms with van der Waals surface area (Å²) in [6.45, 7) is 9.34. The zero-order valence-corrected chi connectivity index (χ0v) is 37.6. The van der Waals surface area contributed by atoms with Crippen LogP contribution in [0.15, 0.2) is 103 Å². The molecule has 6 aromatic rings. The van der Waals surface area contributed by atoms with Gasteiger partial charge in [0.2, 0.25) is 0 Å². The molecule has 0 radical (unpaired) electrons. The van der Waals surface area contributed by atoms with E-state index in [4.69, 9.17) is 0 Å². The SMILES string of the molecule is Cc1nc(C)c(C)[n+](Cc2ccccc2)c1C.FC(F)(F)c1cc([B-](c2cc(C(F)(F)F)cc(C(F)(F)F)c2)(c2cc(C(F)(F)F)cc(C(F)(F)F)c2)c2cc(C(F)(F)F)cc(C(F)(F)F)c2)cc(C(F)(F)F)c1. The number of aromatic nitrogens is 2. The summed E-state index contributed by atoms with van der Waals surface area (Å²) >= 11 is 0. The van der Waals surface area contributed by atoms with Gasteiger partial charge >= 0.3 is 49.4 Å². The number of halogens is 24. The van der Waals surface area contributed by atoms with E-state index in [2.05, 4.69) is 67.6 Å². The highest BCUT2D eigenvalue weighted by atomic mass is 19.4. The van der Waals surface area contributed by atoms with Crippen molar-refractivity contribution < 1.29 is 110 Å². The number of benzene rings is 5. The van der Waals surface area contributed by atoms with Gasteiger partial charge < -0.3 is 0 Å². The van der Waals surface area contributed by atoms with Crippen LogP contribution in [-0.2, 0) is 56.0 Å². The van der Waals surface area contributed by atoms with Crippen LogP contribution in [0.1, 0.15) is 72.8 Å². The van der Waals surface area contributed by atoms with Crippen molar-refractivity contribution in [2.24, 2.45) is 0 Å². The Hall–Kier alpha value is -6.44. The van der Waals surface area contributed by atoms with Gasteiger partial charge in [-0.25, -0.2) is 4.98 Å². The van der Waals surface area contributed by atoms with Crippen molar-refractivity contribution in [2.45, 2.75) is 83.7 Å². The van der Waals surface area contributed by atoms with Crippen LogP contribution in [0.25, 0.3) is 0 Å². The minimum Gasteiger partial charge on any atom is -0.245 e. The Bertz CT molecular complexity index is 2550. The van der Waals surface area contributed by atoms with Crippen LogP contribution >= 0.6 is 0 Å². The summed E-state index contributed by atoms with van der Waals surface area (Å²) < 4.78 is 343. The molecule has 0 bridgehead atoms. The first-order valence-electron chi connectivity index (χ1n) is 20.6. The molecule has 0 atom stereocenters. The number of hydrogen-bond donors (Lipinski definition) is 0. The van der Waals surface area contributed by atoms with Crippen LogP contribution in [0.3, 0.4) is 0 Å². The van der Waals surface area contributed by atoms with E-state index in [9.17, 15) is 105 Å². The maximum absolute atomic E-state index is 14.2. The van der Waals surface area contributed by atoms with E-state index in [0.717, 1.165) is 17.9 Å². The molecule has 0 amide bonds. The molecule has 0 saturated carbocycles. The average Bonchev–Trinajstić information content (AvgIpc) is 3.25. The van der Waals surface area contributed by atoms with Gasteiger partial charge in [-0.1, -0.05) is 78.9 Å². The highest BCUT2D eigenvalue weighted by Crippen LogP contribution is 2.41. The summed E-state index contributed by atoms with van der Waals surface area (Å²) in [5.74, 6) is 0. The van der Waals surface area contributed by atoms with Gasteiger partial charge in [0.05, 0.1) is 44.5 Å². The second kappa shape index (κ2) is 19.7. The fourth-order valence-electron chi connectivity index (χ4n) is 8.13. The average molecular weight is 1090 g/mol. The lowest BCUT2D eigenvalue weighted by molar-refractivity contribution is -0.701. The van der Waals surface area contributed by atoms with Crippen molar-refractivity contribution in [2.75, 3.05) is 0 Å². The quantitative estimate of drug-likeness (QED) is 0.0923. The molecule has 0 spiro atoms. The van der Waals surface area contributed by atoms with Crippen molar-refractivity contribution in [1.82, 2.24) is 4.98 Å². The fraction of sp³-hybridized carbons (Fsp3) is 0.277. The summed E-state index contributed by atoms with van der Waals surface area (Å²) in [7, 11) is 0. The molecule has 0 fully saturated rings. The lowest BCUT2D eigenvalue weighted by Gasteiger charge is -2.46. The first kappa shape index (κ1) is 58.5. The first-order valence-corrected chi connectivity index (χ1v) is 20.6. The normalized spacial score (nSPS) is 13.5. The molecular weight excluding hydrogens is 1060 g/mol. The third-order valence-electron chi connectivity index (χ3n) is 11.8. The first-order chi connectivity index (χ1) is 33.4. The zero-order chi connectivity index (χ0) is 56.3. The van der Waals surface area contributed by atoms with Gasteiger partial charge in [0.15, 0.2) is 17.9 Å². The molecule has 0 aliphatic heterocycles. The Kier molecular flexibility index (Phi) is 15.5. The number of nitrogens with zero attached hydrogens (tertiary/aromatic N) is 2. The smallest absolute Gasteiger partial charge is 0.245 e. The van der Waals surface area contributed by atoms with Gasteiger partial charge in [-0.2, -0.15) is 132 Å². The number of aryl methyl sites for hydroxylation is 2. The van der Waals surface area contributed by atoms with Gasteiger partial charge in [0.25, 0.3) is 0 Å². The van der Waals surface area contributed by atoms with E-state index in [1.807, 2.05) is 0 Å². The second-order valence-corrected chi connectivity index (χ2v) is 16.7. The van der Waals surface area contributed by atoms with Crippen LogP contribution in [0.5, 0.6) is 0 Å². The third-order valence-corrected chi connectivity index (χ3v) is 11.8. The molecule has 6 rings (SSSR count). The van der Waals surface area contributed by atoms with Gasteiger partial charge in [-0.3, -0.25) is 0 Å². The summed E-state index contributed by atoms with van der Waals surface area (Å²) in [6.07, 6.45) is -54.8.